The van der Waals surface area contributed by atoms with Crippen molar-refractivity contribution in [2.24, 2.45) is 0 Å². The summed E-state index contributed by atoms with van der Waals surface area (Å²) in [5.41, 5.74) is 2.29. The molecule has 0 amide bonds. The Balaban J connectivity index is 1.85. The predicted octanol–water partition coefficient (Wildman–Crippen LogP) is 5.99. The molecular formula is C28H40O4Si. The Morgan fingerprint density at radius 1 is 0.970 bits per heavy atom. The van der Waals surface area contributed by atoms with Gasteiger partial charge in [0.2, 0.25) is 0 Å². The summed E-state index contributed by atoms with van der Waals surface area (Å²) in [6, 6.07) is 18.1. The van der Waals surface area contributed by atoms with E-state index < -0.39 is 14.4 Å². The fourth-order valence-electron chi connectivity index (χ4n) is 3.01. The second-order valence-corrected chi connectivity index (χ2v) is 14.7. The molecule has 0 saturated carbocycles. The zero-order valence-electron chi connectivity index (χ0n) is 21.1. The second-order valence-electron chi connectivity index (χ2n) is 9.92. The molecule has 0 aromatic heterocycles. The molecule has 0 unspecified atom stereocenters. The van der Waals surface area contributed by atoms with Crippen molar-refractivity contribution in [1.82, 2.24) is 0 Å². The molecule has 33 heavy (non-hydrogen) atoms. The van der Waals surface area contributed by atoms with E-state index in [1.165, 1.54) is 5.56 Å². The zero-order chi connectivity index (χ0) is 24.3. The van der Waals surface area contributed by atoms with E-state index >= 15 is 0 Å². The standard InChI is InChI=1S/C28H40O4Si/c1-28(2,3)33(5,6)32-27(21-23-11-8-7-9-12-23)14-10-13-25(29)19-20-31-22-24-15-17-26(30-4)18-16-24/h7-9,11-12,15-18,25,27,29H,13,19-22H2,1-6H3/t25-,27+/m0/s1. The highest BCUT2D eigenvalue weighted by Gasteiger charge is 2.38. The van der Waals surface area contributed by atoms with Crippen molar-refractivity contribution < 1.29 is 19.0 Å². The third-order valence-electron chi connectivity index (χ3n) is 6.13. The molecular weight excluding hydrogens is 428 g/mol. The number of aliphatic hydroxyl groups excluding tert-OH is 1. The molecule has 0 spiro atoms. The largest absolute Gasteiger partial charge is 0.497 e. The minimum absolute atomic E-state index is 0.115. The lowest BCUT2D eigenvalue weighted by Gasteiger charge is -2.38. The smallest absolute Gasteiger partial charge is 0.193 e. The van der Waals surface area contributed by atoms with Gasteiger partial charge < -0.3 is 19.0 Å². The van der Waals surface area contributed by atoms with Crippen molar-refractivity contribution in [3.05, 3.63) is 65.7 Å². The molecule has 5 heteroatoms. The van der Waals surface area contributed by atoms with Crippen molar-refractivity contribution >= 4 is 8.32 Å². The molecule has 0 heterocycles. The topological polar surface area (TPSA) is 47.9 Å². The minimum atomic E-state index is -1.96. The molecule has 0 bridgehead atoms. The maximum atomic E-state index is 10.3. The molecule has 0 aliphatic heterocycles. The molecule has 4 nitrogen and oxygen atoms in total. The number of rotatable bonds is 11. The van der Waals surface area contributed by atoms with Gasteiger partial charge in [-0.2, -0.15) is 0 Å². The average Bonchev–Trinajstić information content (AvgIpc) is 2.77. The lowest BCUT2D eigenvalue weighted by molar-refractivity contribution is 0.0753. The number of ether oxygens (including phenoxy) is 2. The van der Waals surface area contributed by atoms with Gasteiger partial charge in [0.1, 0.15) is 11.9 Å². The van der Waals surface area contributed by atoms with Crippen molar-refractivity contribution in [3.8, 4) is 17.6 Å². The van der Waals surface area contributed by atoms with E-state index in [1.807, 2.05) is 42.5 Å². The third kappa shape index (κ3) is 9.73. The molecule has 2 rings (SSSR count). The summed E-state index contributed by atoms with van der Waals surface area (Å²) in [5, 5.41) is 10.5. The maximum Gasteiger partial charge on any atom is 0.193 e. The van der Waals surface area contributed by atoms with Crippen LogP contribution in [0.4, 0.5) is 0 Å². The van der Waals surface area contributed by atoms with Crippen LogP contribution in [-0.2, 0) is 22.2 Å². The van der Waals surface area contributed by atoms with Gasteiger partial charge in [-0.25, -0.2) is 0 Å². The van der Waals surface area contributed by atoms with Gasteiger partial charge >= 0.3 is 0 Å². The van der Waals surface area contributed by atoms with Gasteiger partial charge in [-0.3, -0.25) is 0 Å². The average molecular weight is 469 g/mol. The molecule has 0 aliphatic carbocycles. The second kappa shape index (κ2) is 13.0. The highest BCUT2D eigenvalue weighted by molar-refractivity contribution is 6.74. The quantitative estimate of drug-likeness (QED) is 0.250. The predicted molar refractivity (Wildman–Crippen MR) is 138 cm³/mol. The van der Waals surface area contributed by atoms with Gasteiger partial charge in [0.05, 0.1) is 19.8 Å². The highest BCUT2D eigenvalue weighted by Crippen LogP contribution is 2.37. The van der Waals surface area contributed by atoms with E-state index in [2.05, 4.69) is 57.8 Å². The number of methoxy groups -OCH3 is 1. The van der Waals surface area contributed by atoms with E-state index in [0.717, 1.165) is 17.7 Å². The summed E-state index contributed by atoms with van der Waals surface area (Å²) in [6.07, 6.45) is 1.03. The molecule has 2 aromatic rings. The van der Waals surface area contributed by atoms with Crippen LogP contribution < -0.4 is 4.74 Å². The minimum Gasteiger partial charge on any atom is -0.497 e. The van der Waals surface area contributed by atoms with Crippen LogP contribution in [0.2, 0.25) is 18.1 Å². The summed E-state index contributed by atoms with van der Waals surface area (Å²) in [5.74, 6) is 7.31. The Bertz CT molecular complexity index is 876. The van der Waals surface area contributed by atoms with Gasteiger partial charge in [0.25, 0.3) is 0 Å². The van der Waals surface area contributed by atoms with Crippen molar-refractivity contribution in [3.63, 3.8) is 0 Å². The number of aliphatic hydroxyl groups is 1. The first kappa shape index (κ1) is 27.1. The number of hydrogen-bond donors (Lipinski definition) is 1. The number of hydrogen-bond acceptors (Lipinski definition) is 4. The van der Waals surface area contributed by atoms with Crippen molar-refractivity contribution in [2.75, 3.05) is 13.7 Å². The lowest BCUT2D eigenvalue weighted by atomic mass is 10.1. The van der Waals surface area contributed by atoms with E-state index in [0.29, 0.717) is 26.1 Å². The third-order valence-corrected chi connectivity index (χ3v) is 10.6. The first-order valence-corrected chi connectivity index (χ1v) is 14.6. The van der Waals surface area contributed by atoms with Crippen LogP contribution in [0.25, 0.3) is 0 Å². The Kier molecular flexibility index (Phi) is 10.7. The Morgan fingerprint density at radius 3 is 2.24 bits per heavy atom. The maximum absolute atomic E-state index is 10.3. The van der Waals surface area contributed by atoms with Gasteiger partial charge in [0.15, 0.2) is 8.32 Å². The monoisotopic (exact) mass is 468 g/mol. The van der Waals surface area contributed by atoms with Crippen LogP contribution in [0.3, 0.4) is 0 Å². The molecule has 180 valence electrons. The van der Waals surface area contributed by atoms with E-state index in [4.69, 9.17) is 13.9 Å². The van der Waals surface area contributed by atoms with Gasteiger partial charge in [-0.05, 0) is 47.8 Å². The summed E-state index contributed by atoms with van der Waals surface area (Å²) in [7, 11) is -0.304. The normalized spacial score (nSPS) is 13.7. The Hall–Kier alpha value is -2.10. The van der Waals surface area contributed by atoms with E-state index in [-0.39, 0.29) is 11.1 Å². The zero-order valence-corrected chi connectivity index (χ0v) is 22.1. The Labute approximate surface area is 201 Å². The molecule has 0 fully saturated rings. The van der Waals surface area contributed by atoms with E-state index in [1.54, 1.807) is 7.11 Å². The number of benzene rings is 2. The summed E-state index contributed by atoms with van der Waals surface area (Å²) in [4.78, 5) is 0. The van der Waals surface area contributed by atoms with Crippen LogP contribution in [0.5, 0.6) is 5.75 Å². The first-order chi connectivity index (χ1) is 15.6. The highest BCUT2D eigenvalue weighted by atomic mass is 28.4. The van der Waals surface area contributed by atoms with Crippen molar-refractivity contribution in [2.45, 2.75) is 77.0 Å². The van der Waals surface area contributed by atoms with Crippen LogP contribution >= 0.6 is 0 Å². The van der Waals surface area contributed by atoms with Gasteiger partial charge in [-0.15, -0.1) is 0 Å². The summed E-state index contributed by atoms with van der Waals surface area (Å²) >= 11 is 0. The lowest BCUT2D eigenvalue weighted by Crippen LogP contribution is -2.44. The van der Waals surface area contributed by atoms with Crippen LogP contribution in [0.15, 0.2) is 54.6 Å². The van der Waals surface area contributed by atoms with Gasteiger partial charge in [0, 0.05) is 19.4 Å². The summed E-state index contributed by atoms with van der Waals surface area (Å²) < 4.78 is 17.5. The Morgan fingerprint density at radius 2 is 1.64 bits per heavy atom. The fourth-order valence-corrected chi connectivity index (χ4v) is 4.21. The molecule has 0 saturated heterocycles. The molecule has 0 radical (unpaired) electrons. The van der Waals surface area contributed by atoms with Crippen LogP contribution in [0, 0.1) is 11.8 Å². The van der Waals surface area contributed by atoms with Gasteiger partial charge in [-0.1, -0.05) is 75.1 Å². The SMILES string of the molecule is COc1ccc(COCC[C@@H](O)CC#C[C@H](Cc2ccccc2)O[Si](C)(C)C(C)(C)C)cc1. The molecule has 2 aromatic carbocycles. The first-order valence-electron chi connectivity index (χ1n) is 11.7. The van der Waals surface area contributed by atoms with Crippen LogP contribution in [0.1, 0.15) is 44.7 Å². The van der Waals surface area contributed by atoms with Crippen LogP contribution in [-0.4, -0.2) is 39.3 Å². The fraction of sp³-hybridized carbons (Fsp3) is 0.500. The molecule has 1 N–H and O–H groups in total. The molecule has 2 atom stereocenters. The van der Waals surface area contributed by atoms with Crippen molar-refractivity contribution in [1.29, 1.82) is 0 Å². The van der Waals surface area contributed by atoms with E-state index in [9.17, 15) is 5.11 Å². The summed E-state index contributed by atoms with van der Waals surface area (Å²) in [6.45, 7) is 12.2. The molecule has 0 aliphatic rings.